The maximum Gasteiger partial charge on any atom is 0.243 e. The van der Waals surface area contributed by atoms with Gasteiger partial charge in [0, 0.05) is 6.54 Å². The van der Waals surface area contributed by atoms with Crippen LogP contribution in [-0.4, -0.2) is 25.2 Å². The third kappa shape index (κ3) is 4.10. The molecule has 0 radical (unpaired) electrons. The van der Waals surface area contributed by atoms with Gasteiger partial charge < -0.3 is 0 Å². The molecule has 1 aromatic rings. The van der Waals surface area contributed by atoms with Crippen LogP contribution in [0.25, 0.3) is 0 Å². The van der Waals surface area contributed by atoms with Crippen molar-refractivity contribution < 1.29 is 8.42 Å². The molecule has 0 fully saturated rings. The highest BCUT2D eigenvalue weighted by Gasteiger charge is 2.19. The lowest BCUT2D eigenvalue weighted by atomic mass is 10.00. The van der Waals surface area contributed by atoms with Crippen molar-refractivity contribution in [3.05, 3.63) is 11.9 Å². The number of aromatic nitrogens is 2. The first-order valence-electron chi connectivity index (χ1n) is 6.50. The Hall–Kier alpha value is -0.880. The predicted octanol–water partition coefficient (Wildman–Crippen LogP) is 2.21. The third-order valence-electron chi connectivity index (χ3n) is 3.18. The first-order valence-corrected chi connectivity index (χ1v) is 7.99. The molecule has 0 aromatic carbocycles. The van der Waals surface area contributed by atoms with Crippen LogP contribution < -0.4 is 4.72 Å². The van der Waals surface area contributed by atoms with Crippen molar-refractivity contribution in [1.82, 2.24) is 14.9 Å². The summed E-state index contributed by atoms with van der Waals surface area (Å²) in [5.41, 5.74) is 0.573. The van der Waals surface area contributed by atoms with Gasteiger partial charge in [-0.05, 0) is 19.3 Å². The van der Waals surface area contributed by atoms with E-state index in [0.717, 1.165) is 25.7 Å². The molecule has 0 amide bonds. The normalized spacial score (nSPS) is 13.7. The fourth-order valence-corrected chi connectivity index (χ4v) is 3.11. The molecule has 0 aliphatic heterocycles. The lowest BCUT2D eigenvalue weighted by molar-refractivity contribution is 0.443. The van der Waals surface area contributed by atoms with Crippen LogP contribution in [0.3, 0.4) is 0 Å². The van der Waals surface area contributed by atoms with E-state index in [9.17, 15) is 8.42 Å². The van der Waals surface area contributed by atoms with Gasteiger partial charge in [-0.1, -0.05) is 33.1 Å². The molecular weight excluding hydrogens is 250 g/mol. The average Bonchev–Trinajstić information content (AvgIpc) is 2.76. The molecule has 0 saturated carbocycles. The van der Waals surface area contributed by atoms with E-state index in [-0.39, 0.29) is 4.90 Å². The van der Waals surface area contributed by atoms with Gasteiger partial charge in [0.25, 0.3) is 0 Å². The second kappa shape index (κ2) is 6.89. The zero-order valence-electron chi connectivity index (χ0n) is 11.4. The molecule has 1 heterocycles. The second-order valence-electron chi connectivity index (χ2n) is 4.63. The van der Waals surface area contributed by atoms with E-state index in [2.05, 4.69) is 28.8 Å². The lowest BCUT2D eigenvalue weighted by Gasteiger charge is -2.15. The number of rotatable bonds is 8. The van der Waals surface area contributed by atoms with Crippen LogP contribution in [0.4, 0.5) is 0 Å². The summed E-state index contributed by atoms with van der Waals surface area (Å²) in [6.07, 6.45) is 5.70. The topological polar surface area (TPSA) is 74.8 Å². The first-order chi connectivity index (χ1) is 8.51. The summed E-state index contributed by atoms with van der Waals surface area (Å²) in [6.45, 7) is 6.45. The number of sulfonamides is 1. The van der Waals surface area contributed by atoms with Gasteiger partial charge in [-0.15, -0.1) is 0 Å². The molecule has 18 heavy (non-hydrogen) atoms. The number of aryl methyl sites for hydroxylation is 1. The van der Waals surface area contributed by atoms with Gasteiger partial charge in [-0.3, -0.25) is 5.10 Å². The van der Waals surface area contributed by atoms with Crippen LogP contribution in [0, 0.1) is 12.8 Å². The molecule has 104 valence electrons. The van der Waals surface area contributed by atoms with E-state index in [0.29, 0.717) is 18.2 Å². The van der Waals surface area contributed by atoms with Crippen LogP contribution in [0.2, 0.25) is 0 Å². The molecule has 0 aliphatic carbocycles. The quantitative estimate of drug-likeness (QED) is 0.762. The fourth-order valence-electron chi connectivity index (χ4n) is 1.86. The predicted molar refractivity (Wildman–Crippen MR) is 71.8 cm³/mol. The van der Waals surface area contributed by atoms with E-state index in [4.69, 9.17) is 0 Å². The summed E-state index contributed by atoms with van der Waals surface area (Å²) in [7, 11) is -3.42. The second-order valence-corrected chi connectivity index (χ2v) is 6.36. The van der Waals surface area contributed by atoms with Gasteiger partial charge in [0.15, 0.2) is 0 Å². The molecule has 0 aliphatic rings. The van der Waals surface area contributed by atoms with Gasteiger partial charge in [-0.2, -0.15) is 5.10 Å². The monoisotopic (exact) mass is 273 g/mol. The minimum absolute atomic E-state index is 0.243. The van der Waals surface area contributed by atoms with E-state index in [1.807, 2.05) is 0 Å². The largest absolute Gasteiger partial charge is 0.281 e. The van der Waals surface area contributed by atoms with Crippen molar-refractivity contribution in [2.75, 3.05) is 6.54 Å². The zero-order valence-corrected chi connectivity index (χ0v) is 12.2. The highest BCUT2D eigenvalue weighted by Crippen LogP contribution is 2.14. The van der Waals surface area contributed by atoms with Gasteiger partial charge in [-0.25, -0.2) is 13.1 Å². The number of unbranched alkanes of at least 4 members (excludes halogenated alkanes) is 1. The summed E-state index contributed by atoms with van der Waals surface area (Å²) in [4.78, 5) is 0.243. The van der Waals surface area contributed by atoms with E-state index in [1.54, 1.807) is 6.92 Å². The van der Waals surface area contributed by atoms with Crippen LogP contribution >= 0.6 is 0 Å². The van der Waals surface area contributed by atoms with Crippen LogP contribution in [-0.2, 0) is 10.0 Å². The van der Waals surface area contributed by atoms with Gasteiger partial charge in [0.2, 0.25) is 10.0 Å². The standard InChI is InChI=1S/C12H23N3O2S/c1-4-6-7-11(5-2)8-14-18(16,17)12-9-13-15-10(12)3/h9,11,14H,4-8H2,1-3H3,(H,13,15). The number of H-pyrrole nitrogens is 1. The molecule has 0 spiro atoms. The molecule has 1 rings (SSSR count). The van der Waals surface area contributed by atoms with Gasteiger partial charge in [0.05, 0.1) is 11.9 Å². The molecule has 1 atom stereocenters. The molecule has 5 nitrogen and oxygen atoms in total. The summed E-state index contributed by atoms with van der Waals surface area (Å²) in [6, 6.07) is 0. The minimum atomic E-state index is -3.42. The maximum absolute atomic E-state index is 12.0. The number of hydrogen-bond donors (Lipinski definition) is 2. The van der Waals surface area contributed by atoms with Crippen molar-refractivity contribution in [3.63, 3.8) is 0 Å². The number of nitrogens with one attached hydrogen (secondary N) is 2. The van der Waals surface area contributed by atoms with Crippen LogP contribution in [0.5, 0.6) is 0 Å². The fraction of sp³-hybridized carbons (Fsp3) is 0.750. The highest BCUT2D eigenvalue weighted by atomic mass is 32.2. The SMILES string of the molecule is CCCCC(CC)CNS(=O)(=O)c1cn[nH]c1C. The van der Waals surface area contributed by atoms with Crippen molar-refractivity contribution in [2.24, 2.45) is 5.92 Å². The van der Waals surface area contributed by atoms with Crippen molar-refractivity contribution >= 4 is 10.0 Å². The molecule has 2 N–H and O–H groups in total. The molecule has 0 saturated heterocycles. The minimum Gasteiger partial charge on any atom is -0.281 e. The molecule has 6 heteroatoms. The molecule has 1 aromatic heterocycles. The van der Waals surface area contributed by atoms with Gasteiger partial charge >= 0.3 is 0 Å². The van der Waals surface area contributed by atoms with Crippen molar-refractivity contribution in [1.29, 1.82) is 0 Å². The van der Waals surface area contributed by atoms with Crippen molar-refractivity contribution in [2.45, 2.75) is 51.3 Å². The number of aromatic amines is 1. The summed E-state index contributed by atoms with van der Waals surface area (Å²) in [5.74, 6) is 0.409. The number of nitrogens with zero attached hydrogens (tertiary/aromatic N) is 1. The zero-order chi connectivity index (χ0) is 13.6. The summed E-state index contributed by atoms with van der Waals surface area (Å²) < 4.78 is 26.7. The van der Waals surface area contributed by atoms with Crippen molar-refractivity contribution in [3.8, 4) is 0 Å². The smallest absolute Gasteiger partial charge is 0.243 e. The van der Waals surface area contributed by atoms with Crippen LogP contribution in [0.15, 0.2) is 11.1 Å². The average molecular weight is 273 g/mol. The maximum atomic E-state index is 12.0. The van der Waals surface area contributed by atoms with Crippen LogP contribution in [0.1, 0.15) is 45.2 Å². The number of hydrogen-bond acceptors (Lipinski definition) is 3. The molecule has 1 unspecified atom stereocenters. The first kappa shape index (κ1) is 15.2. The lowest BCUT2D eigenvalue weighted by Crippen LogP contribution is -2.29. The Bertz CT molecular complexity index is 454. The van der Waals surface area contributed by atoms with E-state index in [1.165, 1.54) is 6.20 Å². The Morgan fingerprint density at radius 2 is 2.17 bits per heavy atom. The Labute approximate surface area is 109 Å². The Morgan fingerprint density at radius 1 is 1.44 bits per heavy atom. The van der Waals surface area contributed by atoms with E-state index < -0.39 is 10.0 Å². The highest BCUT2D eigenvalue weighted by molar-refractivity contribution is 7.89. The Morgan fingerprint density at radius 3 is 2.67 bits per heavy atom. The van der Waals surface area contributed by atoms with Gasteiger partial charge in [0.1, 0.15) is 4.90 Å². The molecule has 0 bridgehead atoms. The summed E-state index contributed by atoms with van der Waals surface area (Å²) >= 11 is 0. The Kier molecular flexibility index (Phi) is 5.81. The third-order valence-corrected chi connectivity index (χ3v) is 4.72. The Balaban J connectivity index is 2.59. The summed E-state index contributed by atoms with van der Waals surface area (Å²) in [5, 5.41) is 6.38. The van der Waals surface area contributed by atoms with E-state index >= 15 is 0 Å². The molecular formula is C12H23N3O2S.